The molecule has 33 heavy (non-hydrogen) atoms. The minimum absolute atomic E-state index is 0.148. The molecule has 1 aliphatic heterocycles. The van der Waals surface area contributed by atoms with Crippen molar-refractivity contribution >= 4 is 21.6 Å². The van der Waals surface area contributed by atoms with Crippen LogP contribution in [-0.4, -0.2) is 67.9 Å². The van der Waals surface area contributed by atoms with Crippen LogP contribution in [0.25, 0.3) is 0 Å². The first-order valence-electron chi connectivity index (χ1n) is 10.2. The van der Waals surface area contributed by atoms with Crippen LogP contribution in [-0.2, 0) is 26.1 Å². The highest BCUT2D eigenvalue weighted by Gasteiger charge is 2.29. The Labute approximate surface area is 190 Å². The number of halogens is 1. The Morgan fingerprint density at radius 2 is 1.97 bits per heavy atom. The first-order chi connectivity index (χ1) is 15.7. The molecule has 0 aromatic heterocycles. The Kier molecular flexibility index (Phi) is 7.95. The highest BCUT2D eigenvalue weighted by molar-refractivity contribution is 7.89. The summed E-state index contributed by atoms with van der Waals surface area (Å²) in [7, 11) is -3.93. The van der Waals surface area contributed by atoms with Gasteiger partial charge in [-0.3, -0.25) is 14.9 Å². The number of likely N-dealkylation sites (N-methyl/N-ethyl adjacent to an activating group) is 1. The molecule has 0 unspecified atom stereocenters. The number of rotatable bonds is 9. The van der Waals surface area contributed by atoms with Crippen LogP contribution in [0, 0.1) is 15.9 Å². The van der Waals surface area contributed by atoms with E-state index in [1.165, 1.54) is 39.5 Å². The maximum Gasteiger partial charge on any atom is 0.312 e. The topological polar surface area (TPSA) is 119 Å². The van der Waals surface area contributed by atoms with Crippen molar-refractivity contribution in [3.63, 3.8) is 0 Å². The summed E-state index contributed by atoms with van der Waals surface area (Å²) in [5.41, 5.74) is 0.0270. The van der Waals surface area contributed by atoms with Gasteiger partial charge in [-0.05, 0) is 36.8 Å². The molecule has 0 atom stereocenters. The monoisotopic (exact) mass is 481 g/mol. The molecule has 0 aliphatic carbocycles. The Bertz CT molecular complexity index is 1120. The number of nitro benzene ring substituents is 1. The molecule has 1 saturated heterocycles. The van der Waals surface area contributed by atoms with Crippen LogP contribution < -0.4 is 4.74 Å². The van der Waals surface area contributed by atoms with Crippen molar-refractivity contribution in [3.05, 3.63) is 64.0 Å². The highest BCUT2D eigenvalue weighted by atomic mass is 32.2. The van der Waals surface area contributed by atoms with E-state index in [-0.39, 0.29) is 43.5 Å². The van der Waals surface area contributed by atoms with Crippen molar-refractivity contribution in [2.24, 2.45) is 0 Å². The molecule has 0 spiro atoms. The zero-order valence-corrected chi connectivity index (χ0v) is 18.8. The van der Waals surface area contributed by atoms with Crippen LogP contribution in [0.5, 0.6) is 5.75 Å². The molecule has 1 fully saturated rings. The molecule has 1 aliphatic rings. The van der Waals surface area contributed by atoms with Gasteiger partial charge in [0.25, 0.3) is 5.91 Å². The van der Waals surface area contributed by atoms with Gasteiger partial charge in [0.05, 0.1) is 23.0 Å². The van der Waals surface area contributed by atoms with E-state index in [1.54, 1.807) is 13.0 Å². The molecule has 2 aromatic carbocycles. The minimum atomic E-state index is -3.93. The molecule has 0 radical (unpaired) electrons. The number of nitrogens with zero attached hydrogens (tertiary/aromatic N) is 3. The first kappa shape index (κ1) is 24.6. The molecule has 10 nitrogen and oxygen atoms in total. The number of hydrogen-bond acceptors (Lipinski definition) is 7. The third-order valence-corrected chi connectivity index (χ3v) is 6.98. The summed E-state index contributed by atoms with van der Waals surface area (Å²) in [6.45, 7) is 2.50. The summed E-state index contributed by atoms with van der Waals surface area (Å²) < 4.78 is 50.7. The fourth-order valence-electron chi connectivity index (χ4n) is 3.32. The van der Waals surface area contributed by atoms with E-state index >= 15 is 0 Å². The van der Waals surface area contributed by atoms with Crippen molar-refractivity contribution in [1.82, 2.24) is 9.21 Å². The van der Waals surface area contributed by atoms with Crippen molar-refractivity contribution in [2.45, 2.75) is 18.4 Å². The Hall–Kier alpha value is -3.09. The van der Waals surface area contributed by atoms with E-state index in [0.29, 0.717) is 12.1 Å². The second kappa shape index (κ2) is 10.7. The molecule has 0 bridgehead atoms. The smallest absolute Gasteiger partial charge is 0.312 e. The zero-order valence-electron chi connectivity index (χ0n) is 18.0. The lowest BCUT2D eigenvalue weighted by Gasteiger charge is -2.26. The lowest BCUT2D eigenvalue weighted by atomic mass is 10.2. The predicted octanol–water partition coefficient (Wildman–Crippen LogP) is 2.18. The highest BCUT2D eigenvalue weighted by Crippen LogP contribution is 2.31. The lowest BCUT2D eigenvalue weighted by Crippen LogP contribution is -2.40. The number of carbonyl (C=O) groups is 1. The number of ether oxygens (including phenoxy) is 2. The average Bonchev–Trinajstić information content (AvgIpc) is 2.81. The van der Waals surface area contributed by atoms with Gasteiger partial charge >= 0.3 is 5.69 Å². The van der Waals surface area contributed by atoms with Crippen LogP contribution in [0.2, 0.25) is 0 Å². The van der Waals surface area contributed by atoms with Gasteiger partial charge in [0, 0.05) is 32.2 Å². The van der Waals surface area contributed by atoms with Crippen molar-refractivity contribution < 1.29 is 32.0 Å². The number of carbonyl (C=O) groups excluding carboxylic acids is 1. The van der Waals surface area contributed by atoms with Crippen LogP contribution in [0.15, 0.2) is 47.4 Å². The second-order valence-electron chi connectivity index (χ2n) is 7.23. The third-order valence-electron chi connectivity index (χ3n) is 5.08. The van der Waals surface area contributed by atoms with Gasteiger partial charge in [-0.2, -0.15) is 4.31 Å². The second-order valence-corrected chi connectivity index (χ2v) is 9.17. The van der Waals surface area contributed by atoms with Crippen LogP contribution in [0.1, 0.15) is 12.5 Å². The van der Waals surface area contributed by atoms with E-state index in [1.807, 2.05) is 0 Å². The summed E-state index contributed by atoms with van der Waals surface area (Å²) in [4.78, 5) is 24.5. The van der Waals surface area contributed by atoms with Gasteiger partial charge in [-0.1, -0.05) is 12.1 Å². The van der Waals surface area contributed by atoms with Gasteiger partial charge in [0.2, 0.25) is 10.0 Å². The SMILES string of the molecule is CCN(Cc1cccc(F)c1)C(=O)COc1ccc(S(=O)(=O)N2CCOCC2)cc1[N+](=O)[O-]. The average molecular weight is 482 g/mol. The standard InChI is InChI=1S/C21H24FN3O7S/c1-2-23(14-16-4-3-5-17(22)12-16)21(26)15-32-20-7-6-18(13-19(20)25(27)28)33(29,30)24-8-10-31-11-9-24/h3-7,12-13H,2,8-11,14-15H2,1H3. The number of morpholine rings is 1. The summed E-state index contributed by atoms with van der Waals surface area (Å²) in [6.07, 6.45) is 0. The number of sulfonamides is 1. The number of nitro groups is 1. The van der Waals surface area contributed by atoms with Crippen molar-refractivity contribution in [2.75, 3.05) is 39.5 Å². The summed E-state index contributed by atoms with van der Waals surface area (Å²) in [5.74, 6) is -1.10. The van der Waals surface area contributed by atoms with E-state index < -0.39 is 39.0 Å². The fourth-order valence-corrected chi connectivity index (χ4v) is 4.75. The van der Waals surface area contributed by atoms with Crippen molar-refractivity contribution in [3.8, 4) is 5.75 Å². The Balaban J connectivity index is 1.73. The summed E-state index contributed by atoms with van der Waals surface area (Å²) in [6, 6.07) is 9.13. The minimum Gasteiger partial charge on any atom is -0.477 e. The van der Waals surface area contributed by atoms with Crippen LogP contribution in [0.3, 0.4) is 0 Å². The fraction of sp³-hybridized carbons (Fsp3) is 0.381. The maximum atomic E-state index is 13.4. The predicted molar refractivity (Wildman–Crippen MR) is 116 cm³/mol. The zero-order chi connectivity index (χ0) is 24.0. The first-order valence-corrected chi connectivity index (χ1v) is 11.7. The molecule has 0 saturated carbocycles. The maximum absolute atomic E-state index is 13.4. The van der Waals surface area contributed by atoms with Gasteiger partial charge in [0.15, 0.2) is 12.4 Å². The molecule has 1 heterocycles. The van der Waals surface area contributed by atoms with Gasteiger partial charge in [0.1, 0.15) is 5.82 Å². The van der Waals surface area contributed by atoms with Gasteiger partial charge in [-0.25, -0.2) is 12.8 Å². The van der Waals surface area contributed by atoms with E-state index in [0.717, 1.165) is 6.07 Å². The third kappa shape index (κ3) is 6.03. The number of amides is 1. The van der Waals surface area contributed by atoms with Gasteiger partial charge in [-0.15, -0.1) is 0 Å². The normalized spacial score (nSPS) is 14.6. The van der Waals surface area contributed by atoms with Crippen molar-refractivity contribution in [1.29, 1.82) is 0 Å². The molecule has 2 aromatic rings. The molecule has 178 valence electrons. The quantitative estimate of drug-likeness (QED) is 0.398. The van der Waals surface area contributed by atoms with Gasteiger partial charge < -0.3 is 14.4 Å². The molecular formula is C21H24FN3O7S. The summed E-state index contributed by atoms with van der Waals surface area (Å²) in [5, 5.41) is 11.6. The Morgan fingerprint density at radius 1 is 1.24 bits per heavy atom. The number of hydrogen-bond donors (Lipinski definition) is 0. The lowest BCUT2D eigenvalue weighted by molar-refractivity contribution is -0.386. The number of benzene rings is 2. The summed E-state index contributed by atoms with van der Waals surface area (Å²) >= 11 is 0. The molecule has 0 N–H and O–H groups in total. The van der Waals surface area contributed by atoms with Crippen LogP contribution >= 0.6 is 0 Å². The Morgan fingerprint density at radius 3 is 2.61 bits per heavy atom. The molecular weight excluding hydrogens is 457 g/mol. The largest absolute Gasteiger partial charge is 0.477 e. The molecule has 1 amide bonds. The molecule has 3 rings (SSSR count). The molecule has 12 heteroatoms. The van der Waals surface area contributed by atoms with Crippen LogP contribution in [0.4, 0.5) is 10.1 Å². The van der Waals surface area contributed by atoms with E-state index in [9.17, 15) is 27.7 Å². The van der Waals surface area contributed by atoms with E-state index in [4.69, 9.17) is 9.47 Å². The van der Waals surface area contributed by atoms with E-state index in [2.05, 4.69) is 0 Å².